The van der Waals surface area contributed by atoms with E-state index in [1.165, 1.54) is 0 Å². The lowest BCUT2D eigenvalue weighted by Crippen LogP contribution is -2.18. The predicted molar refractivity (Wildman–Crippen MR) is 81.6 cm³/mol. The van der Waals surface area contributed by atoms with E-state index < -0.39 is 0 Å². The Morgan fingerprint density at radius 3 is 2.75 bits per heavy atom. The van der Waals surface area contributed by atoms with Crippen molar-refractivity contribution in [3.8, 4) is 0 Å². The van der Waals surface area contributed by atoms with E-state index in [1.807, 2.05) is 22.9 Å². The average Bonchev–Trinajstić information content (AvgIpc) is 2.83. The van der Waals surface area contributed by atoms with E-state index in [2.05, 4.69) is 25.0 Å². The molecule has 2 rings (SSSR count). The number of carbonyl (C=O) groups excluding carboxylic acids is 1. The summed E-state index contributed by atoms with van der Waals surface area (Å²) in [4.78, 5) is 12.2. The third-order valence-corrected chi connectivity index (χ3v) is 3.83. The fourth-order valence-corrected chi connectivity index (χ4v) is 2.54. The second-order valence-corrected chi connectivity index (χ2v) is 5.21. The van der Waals surface area contributed by atoms with Crippen LogP contribution in [0.1, 0.15) is 32.4 Å². The molecule has 1 heterocycles. The van der Waals surface area contributed by atoms with Crippen molar-refractivity contribution in [1.82, 2.24) is 9.78 Å². The Morgan fingerprint density at radius 2 is 2.10 bits per heavy atom. The van der Waals surface area contributed by atoms with E-state index in [9.17, 15) is 4.79 Å². The second-order valence-electron chi connectivity index (χ2n) is 5.21. The first-order valence-corrected chi connectivity index (χ1v) is 7.35. The van der Waals surface area contributed by atoms with Gasteiger partial charge >= 0.3 is 0 Å². The molecule has 0 saturated carbocycles. The van der Waals surface area contributed by atoms with Crippen molar-refractivity contribution >= 4 is 16.7 Å². The van der Waals surface area contributed by atoms with Crippen LogP contribution in [0.3, 0.4) is 0 Å². The molecule has 0 saturated heterocycles. The van der Waals surface area contributed by atoms with Crippen molar-refractivity contribution in [2.45, 2.75) is 39.7 Å². The lowest BCUT2D eigenvalue weighted by atomic mass is 9.97. The highest BCUT2D eigenvalue weighted by molar-refractivity contribution is 5.88. The number of ketones is 1. The maximum atomic E-state index is 12.2. The average molecular weight is 273 g/mol. The van der Waals surface area contributed by atoms with Crippen LogP contribution in [0.4, 0.5) is 0 Å². The van der Waals surface area contributed by atoms with E-state index >= 15 is 0 Å². The summed E-state index contributed by atoms with van der Waals surface area (Å²) in [5.74, 6) is 0.524. The van der Waals surface area contributed by atoms with Crippen molar-refractivity contribution in [1.29, 1.82) is 0 Å². The standard InChI is InChI=1S/C16H23N3O/c1-3-12(11-17)9-13(20)10-15-14-7-5-6-8-16(14)19(4-2)18-15/h5-8,12H,3-4,9-11,17H2,1-2H3. The van der Waals surface area contributed by atoms with Crippen LogP contribution in [-0.4, -0.2) is 22.1 Å². The molecule has 0 aliphatic heterocycles. The monoisotopic (exact) mass is 273 g/mol. The lowest BCUT2D eigenvalue weighted by molar-refractivity contribution is -0.119. The summed E-state index contributed by atoms with van der Waals surface area (Å²) in [7, 11) is 0. The van der Waals surface area contributed by atoms with Crippen LogP contribution in [0.2, 0.25) is 0 Å². The Kier molecular flexibility index (Phi) is 4.90. The minimum absolute atomic E-state index is 0.230. The summed E-state index contributed by atoms with van der Waals surface area (Å²) in [6, 6.07) is 8.09. The molecule has 0 spiro atoms. The van der Waals surface area contributed by atoms with Gasteiger partial charge in [0.05, 0.1) is 17.6 Å². The van der Waals surface area contributed by atoms with Crippen LogP contribution in [0.15, 0.2) is 24.3 Å². The first kappa shape index (κ1) is 14.7. The molecular formula is C16H23N3O. The zero-order chi connectivity index (χ0) is 14.5. The Hall–Kier alpha value is -1.68. The molecule has 20 heavy (non-hydrogen) atoms. The first-order chi connectivity index (χ1) is 9.69. The van der Waals surface area contributed by atoms with E-state index in [-0.39, 0.29) is 5.78 Å². The van der Waals surface area contributed by atoms with Gasteiger partial charge < -0.3 is 5.73 Å². The number of para-hydroxylation sites is 1. The van der Waals surface area contributed by atoms with Crippen LogP contribution in [0.5, 0.6) is 0 Å². The molecule has 108 valence electrons. The summed E-state index contributed by atoms with van der Waals surface area (Å²) >= 11 is 0. The normalized spacial score (nSPS) is 12.8. The van der Waals surface area contributed by atoms with Crippen molar-refractivity contribution in [2.24, 2.45) is 11.7 Å². The summed E-state index contributed by atoms with van der Waals surface area (Å²) in [6.45, 7) is 5.53. The number of nitrogens with zero attached hydrogens (tertiary/aromatic N) is 2. The maximum absolute atomic E-state index is 12.2. The SMILES string of the molecule is CCC(CN)CC(=O)Cc1nn(CC)c2ccccc12. The van der Waals surface area contributed by atoms with E-state index in [4.69, 9.17) is 5.73 Å². The largest absolute Gasteiger partial charge is 0.330 e. The van der Waals surface area contributed by atoms with Gasteiger partial charge in [-0.1, -0.05) is 31.5 Å². The van der Waals surface area contributed by atoms with E-state index in [0.717, 1.165) is 29.6 Å². The number of aryl methyl sites for hydroxylation is 1. The third-order valence-electron chi connectivity index (χ3n) is 3.83. The van der Waals surface area contributed by atoms with Gasteiger partial charge in [0, 0.05) is 18.4 Å². The molecule has 0 amide bonds. The number of hydrogen-bond donors (Lipinski definition) is 1. The number of hydrogen-bond acceptors (Lipinski definition) is 3. The fraction of sp³-hybridized carbons (Fsp3) is 0.500. The van der Waals surface area contributed by atoms with Crippen molar-refractivity contribution < 1.29 is 4.79 Å². The Bertz CT molecular complexity index is 584. The predicted octanol–water partition coefficient (Wildman–Crippen LogP) is 2.54. The van der Waals surface area contributed by atoms with Crippen LogP contribution < -0.4 is 5.73 Å². The molecule has 0 fully saturated rings. The molecule has 0 aliphatic carbocycles. The zero-order valence-corrected chi connectivity index (χ0v) is 12.3. The molecule has 0 aliphatic rings. The number of nitrogens with two attached hydrogens (primary N) is 1. The van der Waals surface area contributed by atoms with Gasteiger partial charge in [-0.25, -0.2) is 0 Å². The van der Waals surface area contributed by atoms with Gasteiger partial charge in [-0.05, 0) is 25.5 Å². The molecule has 1 aromatic heterocycles. The molecule has 0 radical (unpaired) electrons. The minimum Gasteiger partial charge on any atom is -0.330 e. The van der Waals surface area contributed by atoms with Crippen molar-refractivity contribution in [3.05, 3.63) is 30.0 Å². The number of carbonyl (C=O) groups is 1. The van der Waals surface area contributed by atoms with Gasteiger partial charge in [0.25, 0.3) is 0 Å². The molecule has 4 nitrogen and oxygen atoms in total. The first-order valence-electron chi connectivity index (χ1n) is 7.35. The summed E-state index contributed by atoms with van der Waals surface area (Å²) in [5.41, 5.74) is 7.66. The Balaban J connectivity index is 2.19. The number of benzene rings is 1. The third kappa shape index (κ3) is 3.07. The van der Waals surface area contributed by atoms with Gasteiger partial charge in [-0.3, -0.25) is 9.48 Å². The Labute approximate surface area is 120 Å². The highest BCUT2D eigenvalue weighted by atomic mass is 16.1. The maximum Gasteiger partial charge on any atom is 0.139 e. The van der Waals surface area contributed by atoms with Crippen LogP contribution >= 0.6 is 0 Å². The Morgan fingerprint density at radius 1 is 1.35 bits per heavy atom. The molecule has 1 aromatic carbocycles. The molecule has 2 aromatic rings. The summed E-state index contributed by atoms with van der Waals surface area (Å²) < 4.78 is 1.96. The topological polar surface area (TPSA) is 60.9 Å². The number of rotatable bonds is 7. The molecule has 1 unspecified atom stereocenters. The van der Waals surface area contributed by atoms with Crippen LogP contribution in [0, 0.1) is 5.92 Å². The highest BCUT2D eigenvalue weighted by Gasteiger charge is 2.15. The fourth-order valence-electron chi connectivity index (χ4n) is 2.54. The summed E-state index contributed by atoms with van der Waals surface area (Å²) in [6.07, 6.45) is 1.91. The highest BCUT2D eigenvalue weighted by Crippen LogP contribution is 2.20. The molecule has 1 atom stereocenters. The van der Waals surface area contributed by atoms with Gasteiger partial charge in [0.1, 0.15) is 5.78 Å². The van der Waals surface area contributed by atoms with Gasteiger partial charge in [-0.2, -0.15) is 5.10 Å². The molecule has 4 heteroatoms. The van der Waals surface area contributed by atoms with E-state index in [1.54, 1.807) is 0 Å². The van der Waals surface area contributed by atoms with Gasteiger partial charge in [0.2, 0.25) is 0 Å². The second kappa shape index (κ2) is 6.66. The smallest absolute Gasteiger partial charge is 0.139 e. The molecule has 2 N–H and O–H groups in total. The summed E-state index contributed by atoms with van der Waals surface area (Å²) in [5, 5.41) is 5.66. The minimum atomic E-state index is 0.230. The number of Topliss-reactive ketones (excluding diaryl/α,β-unsaturated/α-hetero) is 1. The lowest BCUT2D eigenvalue weighted by Gasteiger charge is -2.10. The van der Waals surface area contributed by atoms with E-state index in [0.29, 0.717) is 25.3 Å². The number of aromatic nitrogens is 2. The van der Waals surface area contributed by atoms with Crippen LogP contribution in [-0.2, 0) is 17.8 Å². The van der Waals surface area contributed by atoms with Crippen LogP contribution in [0.25, 0.3) is 10.9 Å². The van der Waals surface area contributed by atoms with Gasteiger partial charge in [0.15, 0.2) is 0 Å². The van der Waals surface area contributed by atoms with Gasteiger partial charge in [-0.15, -0.1) is 0 Å². The molecule has 0 bridgehead atoms. The quantitative estimate of drug-likeness (QED) is 0.843. The van der Waals surface area contributed by atoms with Crippen molar-refractivity contribution in [2.75, 3.05) is 6.54 Å². The molecular weight excluding hydrogens is 250 g/mol. The van der Waals surface area contributed by atoms with Crippen molar-refractivity contribution in [3.63, 3.8) is 0 Å². The zero-order valence-electron chi connectivity index (χ0n) is 12.3. The number of fused-ring (bicyclic) bond motifs is 1.